The van der Waals surface area contributed by atoms with Crippen molar-refractivity contribution >= 4 is 23.2 Å². The minimum absolute atomic E-state index is 0.0775. The minimum atomic E-state index is -0.619. The molecule has 0 bridgehead atoms. The summed E-state index contributed by atoms with van der Waals surface area (Å²) in [6.07, 6.45) is 0. The highest BCUT2D eigenvalue weighted by Crippen LogP contribution is 2.36. The van der Waals surface area contributed by atoms with Gasteiger partial charge in [0, 0.05) is 17.6 Å². The van der Waals surface area contributed by atoms with Crippen LogP contribution < -0.4 is 14.8 Å². The number of amides is 1. The molecule has 1 aliphatic heterocycles. The maximum absolute atomic E-state index is 12.4. The van der Waals surface area contributed by atoms with Crippen LogP contribution in [0.1, 0.15) is 15.9 Å². The van der Waals surface area contributed by atoms with Crippen LogP contribution in [0.3, 0.4) is 0 Å². The Balaban J connectivity index is 1.84. The summed E-state index contributed by atoms with van der Waals surface area (Å²) in [6.45, 7) is 0.837. The van der Waals surface area contributed by atoms with Gasteiger partial charge < -0.3 is 14.8 Å². The molecular weight excluding hydrogens is 336 g/mol. The van der Waals surface area contributed by atoms with Gasteiger partial charge in [-0.1, -0.05) is 23.7 Å². The molecule has 0 atom stereocenters. The standard InChI is InChI=1S/C16H13ClN2O5/c17-11-3-1-2-10(6-11)9-18-16(20)12-7-14-15(24-5-4-23-14)8-13(12)19(21)22/h1-3,6-8H,4-5,9H2,(H,18,20). The van der Waals surface area contributed by atoms with Crippen LogP contribution in [0, 0.1) is 10.1 Å². The number of rotatable bonds is 4. The van der Waals surface area contributed by atoms with Crippen molar-refractivity contribution in [3.8, 4) is 11.5 Å². The zero-order valence-electron chi connectivity index (χ0n) is 12.5. The molecule has 0 saturated carbocycles. The molecular formula is C16H13ClN2O5. The topological polar surface area (TPSA) is 90.7 Å². The van der Waals surface area contributed by atoms with E-state index in [9.17, 15) is 14.9 Å². The highest BCUT2D eigenvalue weighted by Gasteiger charge is 2.26. The van der Waals surface area contributed by atoms with Crippen molar-refractivity contribution in [2.45, 2.75) is 6.54 Å². The van der Waals surface area contributed by atoms with E-state index in [1.807, 2.05) is 0 Å². The third kappa shape index (κ3) is 3.41. The highest BCUT2D eigenvalue weighted by molar-refractivity contribution is 6.30. The van der Waals surface area contributed by atoms with Gasteiger partial charge in [-0.05, 0) is 17.7 Å². The maximum atomic E-state index is 12.4. The lowest BCUT2D eigenvalue weighted by Gasteiger charge is -2.18. The van der Waals surface area contributed by atoms with E-state index in [2.05, 4.69) is 5.32 Å². The molecule has 124 valence electrons. The molecule has 1 heterocycles. The third-order valence-electron chi connectivity index (χ3n) is 3.44. The second kappa shape index (κ2) is 6.76. The molecule has 3 rings (SSSR count). The van der Waals surface area contributed by atoms with Crippen LogP contribution in [0.4, 0.5) is 5.69 Å². The molecule has 1 amide bonds. The first-order valence-corrected chi connectivity index (χ1v) is 7.53. The van der Waals surface area contributed by atoms with Crippen LogP contribution in [-0.4, -0.2) is 24.0 Å². The predicted octanol–water partition coefficient (Wildman–Crippen LogP) is 2.95. The van der Waals surface area contributed by atoms with Gasteiger partial charge in [-0.3, -0.25) is 14.9 Å². The summed E-state index contributed by atoms with van der Waals surface area (Å²) in [7, 11) is 0. The number of benzene rings is 2. The summed E-state index contributed by atoms with van der Waals surface area (Å²) in [5.41, 5.74) is 0.380. The molecule has 1 aliphatic rings. The van der Waals surface area contributed by atoms with Crippen LogP contribution in [0.15, 0.2) is 36.4 Å². The minimum Gasteiger partial charge on any atom is -0.486 e. The molecule has 1 N–H and O–H groups in total. The number of ether oxygens (including phenoxy) is 2. The Morgan fingerprint density at radius 2 is 1.92 bits per heavy atom. The lowest BCUT2D eigenvalue weighted by Crippen LogP contribution is -2.24. The molecule has 8 heteroatoms. The molecule has 0 aliphatic carbocycles. The molecule has 0 spiro atoms. The van der Waals surface area contributed by atoms with Gasteiger partial charge in [0.1, 0.15) is 18.8 Å². The number of carbonyl (C=O) groups excluding carboxylic acids is 1. The number of carbonyl (C=O) groups is 1. The van der Waals surface area contributed by atoms with Gasteiger partial charge in [0.15, 0.2) is 11.5 Å². The molecule has 2 aromatic rings. The SMILES string of the molecule is O=C(NCc1cccc(Cl)c1)c1cc2c(cc1[N+](=O)[O-])OCCO2. The van der Waals surface area contributed by atoms with Crippen molar-refractivity contribution < 1.29 is 19.2 Å². The molecule has 0 aromatic heterocycles. The Morgan fingerprint density at radius 3 is 2.58 bits per heavy atom. The predicted molar refractivity (Wildman–Crippen MR) is 86.7 cm³/mol. The zero-order valence-corrected chi connectivity index (χ0v) is 13.2. The van der Waals surface area contributed by atoms with Crippen molar-refractivity contribution in [3.05, 3.63) is 62.7 Å². The fourth-order valence-electron chi connectivity index (χ4n) is 2.34. The quantitative estimate of drug-likeness (QED) is 0.677. The van der Waals surface area contributed by atoms with E-state index in [0.717, 1.165) is 5.56 Å². The van der Waals surface area contributed by atoms with Crippen molar-refractivity contribution in [2.24, 2.45) is 0 Å². The molecule has 0 fully saturated rings. The number of nitrogens with one attached hydrogen (secondary N) is 1. The number of nitrogens with zero attached hydrogens (tertiary/aromatic N) is 1. The van der Waals surface area contributed by atoms with Crippen LogP contribution in [0.2, 0.25) is 5.02 Å². The molecule has 2 aromatic carbocycles. The van der Waals surface area contributed by atoms with Crippen LogP contribution in [0.5, 0.6) is 11.5 Å². The first-order chi connectivity index (χ1) is 11.5. The Morgan fingerprint density at radius 1 is 1.21 bits per heavy atom. The Bertz CT molecular complexity index is 809. The monoisotopic (exact) mass is 348 g/mol. The van der Waals surface area contributed by atoms with Crippen LogP contribution in [-0.2, 0) is 6.54 Å². The number of halogens is 1. The number of hydrogen-bond donors (Lipinski definition) is 1. The summed E-state index contributed by atoms with van der Waals surface area (Å²) in [4.78, 5) is 23.0. The van der Waals surface area contributed by atoms with E-state index in [0.29, 0.717) is 24.0 Å². The van der Waals surface area contributed by atoms with Crippen molar-refractivity contribution in [2.75, 3.05) is 13.2 Å². The fraction of sp³-hybridized carbons (Fsp3) is 0.188. The van der Waals surface area contributed by atoms with Crippen LogP contribution in [0.25, 0.3) is 0 Å². The first kappa shape index (κ1) is 16.1. The lowest BCUT2D eigenvalue weighted by molar-refractivity contribution is -0.385. The average molecular weight is 349 g/mol. The van der Waals surface area contributed by atoms with E-state index in [1.54, 1.807) is 24.3 Å². The third-order valence-corrected chi connectivity index (χ3v) is 3.68. The van der Waals surface area contributed by atoms with Crippen LogP contribution >= 0.6 is 11.6 Å². The smallest absolute Gasteiger partial charge is 0.286 e. The van der Waals surface area contributed by atoms with Gasteiger partial charge in [0.05, 0.1) is 11.0 Å². The molecule has 7 nitrogen and oxygen atoms in total. The van der Waals surface area contributed by atoms with Gasteiger partial charge in [0.2, 0.25) is 0 Å². The Labute approximate surface area is 142 Å². The van der Waals surface area contributed by atoms with Gasteiger partial charge in [0.25, 0.3) is 11.6 Å². The van der Waals surface area contributed by atoms with E-state index in [4.69, 9.17) is 21.1 Å². The van der Waals surface area contributed by atoms with E-state index >= 15 is 0 Å². The molecule has 0 saturated heterocycles. The number of nitro benzene ring substituents is 1. The van der Waals surface area contributed by atoms with Crippen molar-refractivity contribution in [1.29, 1.82) is 0 Å². The summed E-state index contributed by atoms with van der Waals surface area (Å²) in [5.74, 6) is 0.0118. The van der Waals surface area contributed by atoms with E-state index in [-0.39, 0.29) is 23.5 Å². The van der Waals surface area contributed by atoms with Gasteiger partial charge in [-0.25, -0.2) is 0 Å². The Kier molecular flexibility index (Phi) is 4.52. The highest BCUT2D eigenvalue weighted by atomic mass is 35.5. The number of nitro groups is 1. The molecule has 0 radical (unpaired) electrons. The summed E-state index contributed by atoms with van der Waals surface area (Å²) >= 11 is 5.89. The summed E-state index contributed by atoms with van der Waals surface area (Å²) < 4.78 is 10.7. The lowest BCUT2D eigenvalue weighted by atomic mass is 10.1. The number of fused-ring (bicyclic) bond motifs is 1. The molecule has 24 heavy (non-hydrogen) atoms. The molecule has 0 unspecified atom stereocenters. The van der Waals surface area contributed by atoms with Gasteiger partial charge in [-0.2, -0.15) is 0 Å². The fourth-order valence-corrected chi connectivity index (χ4v) is 2.55. The maximum Gasteiger partial charge on any atom is 0.286 e. The zero-order chi connectivity index (χ0) is 17.1. The van der Waals surface area contributed by atoms with Crippen molar-refractivity contribution in [1.82, 2.24) is 5.32 Å². The summed E-state index contributed by atoms with van der Waals surface area (Å²) in [5, 5.41) is 14.4. The van der Waals surface area contributed by atoms with E-state index in [1.165, 1.54) is 12.1 Å². The summed E-state index contributed by atoms with van der Waals surface area (Å²) in [6, 6.07) is 9.53. The Hall–Kier alpha value is -2.80. The van der Waals surface area contributed by atoms with Gasteiger partial charge >= 0.3 is 0 Å². The number of hydrogen-bond acceptors (Lipinski definition) is 5. The van der Waals surface area contributed by atoms with E-state index < -0.39 is 10.8 Å². The normalized spacial score (nSPS) is 12.5. The first-order valence-electron chi connectivity index (χ1n) is 7.15. The second-order valence-electron chi connectivity index (χ2n) is 5.08. The largest absolute Gasteiger partial charge is 0.486 e. The average Bonchev–Trinajstić information content (AvgIpc) is 2.58. The van der Waals surface area contributed by atoms with Gasteiger partial charge in [-0.15, -0.1) is 0 Å². The van der Waals surface area contributed by atoms with Crippen molar-refractivity contribution in [3.63, 3.8) is 0 Å². The second-order valence-corrected chi connectivity index (χ2v) is 5.52.